The zero-order valence-corrected chi connectivity index (χ0v) is 9.15. The van der Waals surface area contributed by atoms with E-state index in [0.717, 1.165) is 13.0 Å². The quantitative estimate of drug-likeness (QED) is 0.626. The van der Waals surface area contributed by atoms with Crippen molar-refractivity contribution in [3.8, 4) is 0 Å². The van der Waals surface area contributed by atoms with Gasteiger partial charge in [-0.1, -0.05) is 26.7 Å². The van der Waals surface area contributed by atoms with E-state index in [1.165, 1.54) is 25.8 Å². The zero-order chi connectivity index (χ0) is 9.66. The van der Waals surface area contributed by atoms with E-state index in [0.29, 0.717) is 0 Å². The molecule has 0 aromatic heterocycles. The van der Waals surface area contributed by atoms with Crippen LogP contribution in [0.25, 0.3) is 0 Å². The highest BCUT2D eigenvalue weighted by molar-refractivity contribution is 4.39. The first-order valence-electron chi connectivity index (χ1n) is 4.96. The molecule has 0 rings (SSSR count). The molecule has 0 aromatic rings. The van der Waals surface area contributed by atoms with Gasteiger partial charge < -0.3 is 10.1 Å². The van der Waals surface area contributed by atoms with Gasteiger partial charge in [-0.25, -0.2) is 0 Å². The Morgan fingerprint density at radius 1 is 1.08 bits per heavy atom. The van der Waals surface area contributed by atoms with Gasteiger partial charge in [-0.3, -0.25) is 0 Å². The second-order valence-corrected chi connectivity index (χ2v) is 2.80. The van der Waals surface area contributed by atoms with Crippen molar-refractivity contribution >= 4 is 0 Å². The van der Waals surface area contributed by atoms with Gasteiger partial charge in [-0.05, 0) is 26.4 Å². The molecule has 0 radical (unpaired) electrons. The van der Waals surface area contributed by atoms with Crippen molar-refractivity contribution in [2.45, 2.75) is 39.5 Å². The lowest BCUT2D eigenvalue weighted by Gasteiger charge is -1.93. The summed E-state index contributed by atoms with van der Waals surface area (Å²) in [6.45, 7) is 6.37. The number of nitrogens with one attached hydrogen (secondary N) is 1. The molecule has 0 aliphatic rings. The molecule has 0 amide bonds. The zero-order valence-electron chi connectivity index (χ0n) is 9.15. The van der Waals surface area contributed by atoms with Gasteiger partial charge >= 0.3 is 0 Å². The number of ether oxygens (including phenoxy) is 1. The highest BCUT2D eigenvalue weighted by atomic mass is 16.5. The molecule has 0 atom stereocenters. The number of unbranched alkanes of at least 4 members (excludes halogenated alkanes) is 2. The van der Waals surface area contributed by atoms with Crippen molar-refractivity contribution < 1.29 is 4.74 Å². The normalized spacial score (nSPS) is 9.00. The van der Waals surface area contributed by atoms with Gasteiger partial charge in [-0.15, -0.1) is 0 Å². The summed E-state index contributed by atoms with van der Waals surface area (Å²) in [5.74, 6) is 0. The maximum Gasteiger partial charge on any atom is 0.0459 e. The smallest absolute Gasteiger partial charge is 0.0459 e. The monoisotopic (exact) mass is 175 g/mol. The Kier molecular flexibility index (Phi) is 20.6. The fraction of sp³-hybridized carbons (Fsp3) is 1.00. The average Bonchev–Trinajstić information content (AvgIpc) is 2.08. The molecule has 0 spiro atoms. The van der Waals surface area contributed by atoms with Crippen LogP contribution < -0.4 is 5.32 Å². The fourth-order valence-electron chi connectivity index (χ4n) is 0.756. The van der Waals surface area contributed by atoms with Gasteiger partial charge in [0.05, 0.1) is 0 Å². The van der Waals surface area contributed by atoms with E-state index in [-0.39, 0.29) is 0 Å². The highest BCUT2D eigenvalue weighted by Gasteiger charge is 1.78. The number of hydrogen-bond acceptors (Lipinski definition) is 2. The Hall–Kier alpha value is -0.0800. The van der Waals surface area contributed by atoms with E-state index in [1.807, 2.05) is 7.05 Å². The Bertz CT molecular complexity index is 51.8. The van der Waals surface area contributed by atoms with E-state index < -0.39 is 0 Å². The second-order valence-electron chi connectivity index (χ2n) is 2.80. The predicted molar refractivity (Wildman–Crippen MR) is 55.6 cm³/mol. The summed E-state index contributed by atoms with van der Waals surface area (Å²) >= 11 is 0. The van der Waals surface area contributed by atoms with Gasteiger partial charge in [0.25, 0.3) is 0 Å². The first-order chi connectivity index (χ1) is 5.83. The van der Waals surface area contributed by atoms with Crippen molar-refractivity contribution in [1.82, 2.24) is 5.32 Å². The lowest BCUT2D eigenvalue weighted by atomic mass is 10.2. The molecule has 0 heterocycles. The standard InChI is InChI=1S/C6H15N.C4H10O/c1-3-4-5-6-7-2;1-3-4-5-2/h7H,3-6H2,1-2H3;3-4H2,1-2H3. The van der Waals surface area contributed by atoms with E-state index in [1.54, 1.807) is 7.11 Å². The summed E-state index contributed by atoms with van der Waals surface area (Å²) in [5.41, 5.74) is 0. The molecule has 0 aliphatic carbocycles. The van der Waals surface area contributed by atoms with Crippen LogP contribution >= 0.6 is 0 Å². The fourth-order valence-corrected chi connectivity index (χ4v) is 0.756. The van der Waals surface area contributed by atoms with E-state index >= 15 is 0 Å². The molecule has 0 unspecified atom stereocenters. The predicted octanol–water partition coefficient (Wildman–Crippen LogP) is 2.44. The second kappa shape index (κ2) is 17.1. The molecule has 0 saturated carbocycles. The van der Waals surface area contributed by atoms with Gasteiger partial charge in [-0.2, -0.15) is 0 Å². The van der Waals surface area contributed by atoms with Crippen LogP contribution in [-0.2, 0) is 4.74 Å². The molecule has 2 heteroatoms. The third kappa shape index (κ3) is 22.5. The summed E-state index contributed by atoms with van der Waals surface area (Å²) in [7, 11) is 3.71. The number of rotatable bonds is 6. The summed E-state index contributed by atoms with van der Waals surface area (Å²) in [6.07, 6.45) is 5.13. The minimum Gasteiger partial charge on any atom is -0.385 e. The minimum atomic E-state index is 0.889. The van der Waals surface area contributed by atoms with Crippen LogP contribution in [0, 0.1) is 0 Å². The molecule has 2 nitrogen and oxygen atoms in total. The van der Waals surface area contributed by atoms with Crippen LogP contribution in [0.2, 0.25) is 0 Å². The van der Waals surface area contributed by atoms with E-state index in [4.69, 9.17) is 4.74 Å². The van der Waals surface area contributed by atoms with Crippen LogP contribution in [0.1, 0.15) is 39.5 Å². The Balaban J connectivity index is 0. The summed E-state index contributed by atoms with van der Waals surface area (Å²) in [6, 6.07) is 0. The van der Waals surface area contributed by atoms with Crippen molar-refractivity contribution in [2.24, 2.45) is 0 Å². The van der Waals surface area contributed by atoms with E-state index in [9.17, 15) is 0 Å². The maximum atomic E-state index is 4.69. The van der Waals surface area contributed by atoms with Crippen molar-refractivity contribution in [1.29, 1.82) is 0 Å². The van der Waals surface area contributed by atoms with Crippen molar-refractivity contribution in [3.63, 3.8) is 0 Å². The van der Waals surface area contributed by atoms with Crippen LogP contribution in [-0.4, -0.2) is 27.3 Å². The molecule has 0 bridgehead atoms. The molecule has 0 aromatic carbocycles. The number of methoxy groups -OCH3 is 1. The summed E-state index contributed by atoms with van der Waals surface area (Å²) in [5, 5.41) is 3.10. The molecule has 0 saturated heterocycles. The van der Waals surface area contributed by atoms with Gasteiger partial charge in [0, 0.05) is 13.7 Å². The maximum absolute atomic E-state index is 4.69. The third-order valence-corrected chi connectivity index (χ3v) is 1.44. The van der Waals surface area contributed by atoms with E-state index in [2.05, 4.69) is 19.2 Å². The SMILES string of the molecule is CCCCCNC.CCCOC. The van der Waals surface area contributed by atoms with Crippen molar-refractivity contribution in [3.05, 3.63) is 0 Å². The van der Waals surface area contributed by atoms with Gasteiger partial charge in [0.2, 0.25) is 0 Å². The van der Waals surface area contributed by atoms with Gasteiger partial charge in [0.15, 0.2) is 0 Å². The molecule has 12 heavy (non-hydrogen) atoms. The van der Waals surface area contributed by atoms with Gasteiger partial charge in [0.1, 0.15) is 0 Å². The first kappa shape index (κ1) is 14.4. The van der Waals surface area contributed by atoms with Crippen LogP contribution in [0.4, 0.5) is 0 Å². The van der Waals surface area contributed by atoms with Crippen molar-refractivity contribution in [2.75, 3.05) is 27.3 Å². The first-order valence-corrected chi connectivity index (χ1v) is 4.96. The third-order valence-electron chi connectivity index (χ3n) is 1.44. The van der Waals surface area contributed by atoms with Crippen LogP contribution in [0.5, 0.6) is 0 Å². The topological polar surface area (TPSA) is 21.3 Å². The Labute approximate surface area is 77.7 Å². The molecular weight excluding hydrogens is 150 g/mol. The molecular formula is C10H25NO. The average molecular weight is 175 g/mol. The minimum absolute atomic E-state index is 0.889. The summed E-state index contributed by atoms with van der Waals surface area (Å²) < 4.78 is 4.69. The molecule has 1 N–H and O–H groups in total. The summed E-state index contributed by atoms with van der Waals surface area (Å²) in [4.78, 5) is 0. The number of hydrogen-bond donors (Lipinski definition) is 1. The molecule has 0 aliphatic heterocycles. The lowest BCUT2D eigenvalue weighted by molar-refractivity contribution is 0.199. The van der Waals surface area contributed by atoms with Crippen LogP contribution in [0.3, 0.4) is 0 Å². The molecule has 0 fully saturated rings. The highest BCUT2D eigenvalue weighted by Crippen LogP contribution is 1.89. The molecule has 76 valence electrons. The Morgan fingerprint density at radius 3 is 2.00 bits per heavy atom. The van der Waals surface area contributed by atoms with Crippen LogP contribution in [0.15, 0.2) is 0 Å². The lowest BCUT2D eigenvalue weighted by Crippen LogP contribution is -2.06. The largest absolute Gasteiger partial charge is 0.385 e. The Morgan fingerprint density at radius 2 is 1.75 bits per heavy atom.